The van der Waals surface area contributed by atoms with Crippen molar-refractivity contribution in [1.29, 1.82) is 0 Å². The molecule has 3 aromatic rings. The molecule has 1 saturated heterocycles. The molecule has 2 heterocycles. The Labute approximate surface area is 279 Å². The molecule has 4 N–H and O–H groups in total. The van der Waals surface area contributed by atoms with Crippen molar-refractivity contribution in [3.8, 4) is 0 Å². The molecule has 0 radical (unpaired) electrons. The van der Waals surface area contributed by atoms with Crippen LogP contribution in [0.5, 0.6) is 0 Å². The van der Waals surface area contributed by atoms with E-state index in [1.54, 1.807) is 30.3 Å². The van der Waals surface area contributed by atoms with E-state index in [9.17, 15) is 14.4 Å². The van der Waals surface area contributed by atoms with E-state index in [0.29, 0.717) is 45.7 Å². The van der Waals surface area contributed by atoms with Gasteiger partial charge < -0.3 is 26.2 Å². The molecule has 1 atom stereocenters. The van der Waals surface area contributed by atoms with Gasteiger partial charge in [-0.05, 0) is 68.9 Å². The van der Waals surface area contributed by atoms with Crippen LogP contribution >= 0.6 is 11.6 Å². The van der Waals surface area contributed by atoms with Gasteiger partial charge in [0.25, 0.3) is 5.91 Å². The summed E-state index contributed by atoms with van der Waals surface area (Å²) in [6.07, 6.45) is 8.18. The van der Waals surface area contributed by atoms with Gasteiger partial charge in [0, 0.05) is 66.8 Å². The van der Waals surface area contributed by atoms with E-state index in [0.717, 1.165) is 43.9 Å². The fraction of sp³-hybridized carbons (Fsp3) is 0.286. The monoisotopic (exact) mass is 654 g/mol. The number of anilines is 4. The maximum Gasteiger partial charge on any atom is 0.255 e. The van der Waals surface area contributed by atoms with Gasteiger partial charge in [-0.2, -0.15) is 0 Å². The number of amides is 3. The van der Waals surface area contributed by atoms with Crippen LogP contribution in [0.1, 0.15) is 36.2 Å². The van der Waals surface area contributed by atoms with Gasteiger partial charge in [0.2, 0.25) is 17.8 Å². The lowest BCUT2D eigenvalue weighted by molar-refractivity contribution is -0.123. The molecule has 2 aliphatic rings. The number of carbonyl (C=O) groups excluding carboxylic acids is 3. The fourth-order valence-electron chi connectivity index (χ4n) is 5.34. The van der Waals surface area contributed by atoms with Crippen LogP contribution in [0, 0.1) is 5.41 Å². The predicted octanol–water partition coefficient (Wildman–Crippen LogP) is 5.35. The van der Waals surface area contributed by atoms with Crippen molar-refractivity contribution in [2.45, 2.75) is 26.8 Å². The second-order valence-corrected chi connectivity index (χ2v) is 12.4. The highest BCUT2D eigenvalue weighted by molar-refractivity contribution is 6.31. The van der Waals surface area contributed by atoms with Gasteiger partial charge in [-0.3, -0.25) is 19.3 Å². The first-order valence-electron chi connectivity index (χ1n) is 15.3. The van der Waals surface area contributed by atoms with Crippen molar-refractivity contribution in [3.05, 3.63) is 107 Å². The minimum atomic E-state index is -0.922. The van der Waals surface area contributed by atoms with Gasteiger partial charge >= 0.3 is 0 Å². The number of aromatic nitrogens is 2. The van der Waals surface area contributed by atoms with E-state index in [4.69, 9.17) is 11.6 Å². The maximum atomic E-state index is 13.6. The van der Waals surface area contributed by atoms with Gasteiger partial charge in [-0.15, -0.1) is 0 Å². The zero-order valence-electron chi connectivity index (χ0n) is 26.8. The zero-order valence-corrected chi connectivity index (χ0v) is 27.5. The van der Waals surface area contributed by atoms with Crippen molar-refractivity contribution in [3.63, 3.8) is 0 Å². The number of piperazine rings is 1. The molecular formula is C35H39ClN8O3. The first kappa shape index (κ1) is 33.5. The maximum absolute atomic E-state index is 13.6. The van der Waals surface area contributed by atoms with E-state index in [-0.39, 0.29) is 17.7 Å². The number of hydrogen-bond acceptors (Lipinski definition) is 8. The minimum absolute atomic E-state index is 0.252. The first-order chi connectivity index (χ1) is 22.5. The average Bonchev–Trinajstić information content (AvgIpc) is 3.05. The topological polar surface area (TPSA) is 132 Å². The lowest BCUT2D eigenvalue weighted by atomic mass is 9.75. The molecule has 2 aromatic carbocycles. The Morgan fingerprint density at radius 1 is 0.957 bits per heavy atom. The van der Waals surface area contributed by atoms with Crippen molar-refractivity contribution in [1.82, 2.24) is 25.1 Å². The smallest absolute Gasteiger partial charge is 0.255 e. The van der Waals surface area contributed by atoms with Crippen molar-refractivity contribution in [2.24, 2.45) is 5.41 Å². The van der Waals surface area contributed by atoms with Gasteiger partial charge in [0.05, 0.1) is 23.5 Å². The predicted molar refractivity (Wildman–Crippen MR) is 185 cm³/mol. The first-order valence-corrected chi connectivity index (χ1v) is 15.7. The summed E-state index contributed by atoms with van der Waals surface area (Å²) in [6, 6.07) is 12.5. The number of allylic oxidation sites excluding steroid dienone is 3. The molecular weight excluding hydrogens is 616 g/mol. The molecule has 3 amide bonds. The Morgan fingerprint density at radius 2 is 1.68 bits per heavy atom. The Kier molecular flexibility index (Phi) is 10.5. The molecule has 1 aromatic heterocycles. The molecule has 1 unspecified atom stereocenters. The second kappa shape index (κ2) is 14.7. The third-order valence-corrected chi connectivity index (χ3v) is 8.86. The number of likely N-dealkylation sites (N-methyl/N-ethyl adjacent to an activating group) is 1. The van der Waals surface area contributed by atoms with Gasteiger partial charge in [0.1, 0.15) is 0 Å². The zero-order chi connectivity index (χ0) is 33.6. The summed E-state index contributed by atoms with van der Waals surface area (Å²) < 4.78 is 0. The molecule has 5 rings (SSSR count). The Balaban J connectivity index is 1.17. The van der Waals surface area contributed by atoms with Crippen LogP contribution in [0.2, 0.25) is 5.02 Å². The molecule has 1 aliphatic carbocycles. The van der Waals surface area contributed by atoms with Crippen LogP contribution in [0.25, 0.3) is 0 Å². The van der Waals surface area contributed by atoms with Crippen LogP contribution in [0.3, 0.4) is 0 Å². The number of hydrogen-bond donors (Lipinski definition) is 4. The standard InChI is InChI=1S/C35H39ClN8O3/c1-5-31(45)39-26-7-6-8-27(18-26)42-34-37-20-29(21-38-34)41-33(47)35(3)19-28(12-9-23(35)2)40-32(46)24-10-11-25(30(36)17-24)22-44-15-13-43(4)14-16-44/h5-12,17-18,20-21H,1,13-16,19,22H2,2-4H3,(H,39,45)(H,40,46)(H,41,47)(H,37,38,42). The molecule has 0 spiro atoms. The van der Waals surface area contributed by atoms with E-state index in [2.05, 4.69) is 54.7 Å². The molecule has 0 saturated carbocycles. The van der Waals surface area contributed by atoms with Crippen molar-refractivity contribution < 1.29 is 14.4 Å². The summed E-state index contributed by atoms with van der Waals surface area (Å²) in [7, 11) is 2.12. The molecule has 1 aliphatic heterocycles. The molecule has 244 valence electrons. The number of nitrogens with zero attached hydrogens (tertiary/aromatic N) is 4. The van der Waals surface area contributed by atoms with E-state index in [1.807, 2.05) is 38.1 Å². The number of rotatable bonds is 10. The largest absolute Gasteiger partial charge is 0.326 e. The fourth-order valence-corrected chi connectivity index (χ4v) is 5.58. The normalized spacial score (nSPS) is 18.4. The number of nitrogens with one attached hydrogen (secondary N) is 4. The van der Waals surface area contributed by atoms with Crippen LogP contribution in [-0.2, 0) is 16.1 Å². The lowest BCUT2D eigenvalue weighted by Gasteiger charge is -2.33. The summed E-state index contributed by atoms with van der Waals surface area (Å²) >= 11 is 6.60. The van der Waals surface area contributed by atoms with Gasteiger partial charge in [0.15, 0.2) is 0 Å². The highest BCUT2D eigenvalue weighted by Gasteiger charge is 2.38. The minimum Gasteiger partial charge on any atom is -0.326 e. The van der Waals surface area contributed by atoms with Crippen molar-refractivity contribution in [2.75, 3.05) is 49.2 Å². The van der Waals surface area contributed by atoms with Gasteiger partial charge in [-0.1, -0.05) is 42.0 Å². The van der Waals surface area contributed by atoms with Crippen LogP contribution in [-0.4, -0.2) is 70.7 Å². The van der Waals surface area contributed by atoms with Crippen LogP contribution < -0.4 is 21.3 Å². The molecule has 47 heavy (non-hydrogen) atoms. The van der Waals surface area contributed by atoms with E-state index >= 15 is 0 Å². The number of carbonyl (C=O) groups is 3. The van der Waals surface area contributed by atoms with Crippen LogP contribution in [0.4, 0.5) is 23.0 Å². The van der Waals surface area contributed by atoms with E-state index < -0.39 is 5.41 Å². The average molecular weight is 655 g/mol. The molecule has 1 fully saturated rings. The Hall–Kier alpha value is -4.84. The van der Waals surface area contributed by atoms with Crippen molar-refractivity contribution >= 4 is 52.3 Å². The second-order valence-electron chi connectivity index (χ2n) is 12.0. The summed E-state index contributed by atoms with van der Waals surface area (Å²) in [5.74, 6) is -0.537. The number of benzene rings is 2. The van der Waals surface area contributed by atoms with Gasteiger partial charge in [-0.25, -0.2) is 9.97 Å². The summed E-state index contributed by atoms with van der Waals surface area (Å²) in [5.41, 5.74) is 3.69. The SMILES string of the molecule is C=CC(=O)Nc1cccc(Nc2ncc(NC(=O)C3(C)CC(NC(=O)c4ccc(CN5CCN(C)CC5)c(Cl)c4)=CC=C3C)cn2)c1. The van der Waals surface area contributed by atoms with E-state index in [1.165, 1.54) is 18.5 Å². The summed E-state index contributed by atoms with van der Waals surface area (Å²) in [4.78, 5) is 51.7. The highest BCUT2D eigenvalue weighted by Crippen LogP contribution is 2.38. The highest BCUT2D eigenvalue weighted by atomic mass is 35.5. The van der Waals surface area contributed by atoms with Crippen LogP contribution in [0.15, 0.2) is 90.9 Å². The summed E-state index contributed by atoms with van der Waals surface area (Å²) in [6.45, 7) is 11.9. The lowest BCUT2D eigenvalue weighted by Crippen LogP contribution is -2.43. The third kappa shape index (κ3) is 8.50. The summed E-state index contributed by atoms with van der Waals surface area (Å²) in [5, 5.41) is 12.2. The molecule has 11 nitrogen and oxygen atoms in total. The molecule has 12 heteroatoms. The molecule has 0 bridgehead atoms. The number of halogens is 1. The Bertz CT molecular complexity index is 1730. The Morgan fingerprint density at radius 3 is 2.38 bits per heavy atom. The quantitative estimate of drug-likeness (QED) is 0.215. The third-order valence-electron chi connectivity index (χ3n) is 8.51.